The Morgan fingerprint density at radius 1 is 1.23 bits per heavy atom. The van der Waals surface area contributed by atoms with E-state index in [-0.39, 0.29) is 23.9 Å². The number of hydrogen-bond donors (Lipinski definition) is 2. The molecule has 1 aromatic carbocycles. The number of nitrogens with two attached hydrogens (primary N) is 1. The maximum Gasteiger partial charge on any atom is 0.268 e. The van der Waals surface area contributed by atoms with Gasteiger partial charge in [0.2, 0.25) is 5.88 Å². The molecular formula is C17H13F2N5O2. The molecule has 1 amide bonds. The molecule has 2 aromatic heterocycles. The predicted octanol–water partition coefficient (Wildman–Crippen LogP) is 2.65. The first-order valence-electron chi connectivity index (χ1n) is 7.45. The lowest BCUT2D eigenvalue weighted by Gasteiger charge is -2.11. The molecule has 3 N–H and O–H groups in total. The third-order valence-corrected chi connectivity index (χ3v) is 3.30. The van der Waals surface area contributed by atoms with E-state index in [0.717, 1.165) is 12.1 Å². The lowest BCUT2D eigenvalue weighted by atomic mass is 10.2. The van der Waals surface area contributed by atoms with Crippen molar-refractivity contribution < 1.29 is 18.3 Å². The standard InChI is InChI=1S/C17H13F2N5O2/c18-11-3-4-14(12(19)6-11)26-17-10(2-1-5-22-17)7-23-15-9-21-8-13(24-15)16(20)25/h1-6,8-9H,7H2,(H2,20,25)(H,23,24). The molecular weight excluding hydrogens is 344 g/mol. The van der Waals surface area contributed by atoms with Crippen molar-refractivity contribution in [2.75, 3.05) is 5.32 Å². The molecule has 7 nitrogen and oxygen atoms in total. The number of halogens is 2. The zero-order valence-corrected chi connectivity index (χ0v) is 13.3. The second kappa shape index (κ2) is 7.51. The molecule has 26 heavy (non-hydrogen) atoms. The predicted molar refractivity (Wildman–Crippen MR) is 88.5 cm³/mol. The van der Waals surface area contributed by atoms with Gasteiger partial charge in [-0.3, -0.25) is 9.78 Å². The third kappa shape index (κ3) is 4.07. The van der Waals surface area contributed by atoms with Gasteiger partial charge in [0.1, 0.15) is 17.3 Å². The first kappa shape index (κ1) is 17.2. The number of anilines is 1. The van der Waals surface area contributed by atoms with Crippen LogP contribution in [0, 0.1) is 11.6 Å². The number of nitrogens with one attached hydrogen (secondary N) is 1. The van der Waals surface area contributed by atoms with Gasteiger partial charge in [-0.1, -0.05) is 6.07 Å². The summed E-state index contributed by atoms with van der Waals surface area (Å²) < 4.78 is 32.2. The number of rotatable bonds is 6. The SMILES string of the molecule is NC(=O)c1cncc(NCc2cccnc2Oc2ccc(F)cc2F)n1. The van der Waals surface area contributed by atoms with Crippen molar-refractivity contribution in [2.45, 2.75) is 6.54 Å². The fourth-order valence-electron chi connectivity index (χ4n) is 2.07. The monoisotopic (exact) mass is 357 g/mol. The Bertz CT molecular complexity index is 952. The van der Waals surface area contributed by atoms with E-state index >= 15 is 0 Å². The molecule has 0 aliphatic rings. The van der Waals surface area contributed by atoms with Crippen molar-refractivity contribution in [1.29, 1.82) is 0 Å². The first-order valence-corrected chi connectivity index (χ1v) is 7.45. The number of amides is 1. The van der Waals surface area contributed by atoms with E-state index in [4.69, 9.17) is 10.5 Å². The van der Waals surface area contributed by atoms with Gasteiger partial charge < -0.3 is 15.8 Å². The van der Waals surface area contributed by atoms with E-state index < -0.39 is 17.5 Å². The third-order valence-electron chi connectivity index (χ3n) is 3.30. The number of carbonyl (C=O) groups is 1. The van der Waals surface area contributed by atoms with Crippen molar-refractivity contribution in [2.24, 2.45) is 5.73 Å². The van der Waals surface area contributed by atoms with Gasteiger partial charge in [0.15, 0.2) is 11.6 Å². The van der Waals surface area contributed by atoms with Gasteiger partial charge in [-0.2, -0.15) is 0 Å². The second-order valence-corrected chi connectivity index (χ2v) is 5.15. The fourth-order valence-corrected chi connectivity index (χ4v) is 2.07. The van der Waals surface area contributed by atoms with Crippen LogP contribution in [0.1, 0.15) is 16.1 Å². The number of carbonyl (C=O) groups excluding carboxylic acids is 1. The highest BCUT2D eigenvalue weighted by Gasteiger charge is 2.11. The van der Waals surface area contributed by atoms with Gasteiger partial charge in [0, 0.05) is 24.4 Å². The van der Waals surface area contributed by atoms with E-state index in [1.807, 2.05) is 0 Å². The molecule has 3 aromatic rings. The first-order chi connectivity index (χ1) is 12.5. The summed E-state index contributed by atoms with van der Waals surface area (Å²) in [5, 5.41) is 2.95. The van der Waals surface area contributed by atoms with Gasteiger partial charge in [-0.15, -0.1) is 0 Å². The summed E-state index contributed by atoms with van der Waals surface area (Å²) in [4.78, 5) is 23.1. The summed E-state index contributed by atoms with van der Waals surface area (Å²) in [6, 6.07) is 6.38. The Morgan fingerprint density at radius 3 is 2.85 bits per heavy atom. The average Bonchev–Trinajstić information content (AvgIpc) is 2.63. The molecule has 0 radical (unpaired) electrons. The Balaban J connectivity index is 1.77. The van der Waals surface area contributed by atoms with Crippen LogP contribution >= 0.6 is 0 Å². The number of nitrogens with zero attached hydrogens (tertiary/aromatic N) is 3. The normalized spacial score (nSPS) is 10.4. The zero-order chi connectivity index (χ0) is 18.5. The summed E-state index contributed by atoms with van der Waals surface area (Å²) in [6.45, 7) is 0.211. The minimum Gasteiger partial charge on any atom is -0.436 e. The molecule has 0 unspecified atom stereocenters. The van der Waals surface area contributed by atoms with E-state index in [9.17, 15) is 13.6 Å². The molecule has 0 saturated heterocycles. The number of ether oxygens (including phenoxy) is 1. The van der Waals surface area contributed by atoms with Crippen molar-refractivity contribution >= 4 is 11.7 Å². The number of aromatic nitrogens is 3. The number of pyridine rings is 1. The summed E-state index contributed by atoms with van der Waals surface area (Å²) in [6.07, 6.45) is 4.15. The van der Waals surface area contributed by atoms with Crippen molar-refractivity contribution in [3.63, 3.8) is 0 Å². The van der Waals surface area contributed by atoms with Gasteiger partial charge in [-0.05, 0) is 18.2 Å². The minimum atomic E-state index is -0.838. The van der Waals surface area contributed by atoms with Crippen LogP contribution in [-0.2, 0) is 6.54 Å². The van der Waals surface area contributed by atoms with Gasteiger partial charge in [-0.25, -0.2) is 18.7 Å². The molecule has 0 saturated carbocycles. The number of benzene rings is 1. The zero-order valence-electron chi connectivity index (χ0n) is 13.3. The highest BCUT2D eigenvalue weighted by molar-refractivity contribution is 5.90. The highest BCUT2D eigenvalue weighted by atomic mass is 19.1. The topological polar surface area (TPSA) is 103 Å². The molecule has 0 aliphatic carbocycles. The van der Waals surface area contributed by atoms with E-state index in [0.29, 0.717) is 11.4 Å². The number of hydrogen-bond acceptors (Lipinski definition) is 6. The Kier molecular flexibility index (Phi) is 4.97. The van der Waals surface area contributed by atoms with Crippen molar-refractivity contribution in [1.82, 2.24) is 15.0 Å². The van der Waals surface area contributed by atoms with Crippen LogP contribution in [0.5, 0.6) is 11.6 Å². The molecule has 0 aliphatic heterocycles. The average molecular weight is 357 g/mol. The van der Waals surface area contributed by atoms with Crippen molar-refractivity contribution in [3.8, 4) is 11.6 Å². The van der Waals surface area contributed by atoms with Gasteiger partial charge >= 0.3 is 0 Å². The minimum absolute atomic E-state index is 0.0195. The summed E-state index contributed by atoms with van der Waals surface area (Å²) >= 11 is 0. The van der Waals surface area contributed by atoms with Crippen molar-refractivity contribution in [3.05, 3.63) is 71.8 Å². The lowest BCUT2D eigenvalue weighted by molar-refractivity contribution is 0.0995. The molecule has 0 fully saturated rings. The number of primary amides is 1. The van der Waals surface area contributed by atoms with Crippen LogP contribution in [0.3, 0.4) is 0 Å². The van der Waals surface area contributed by atoms with Gasteiger partial charge in [0.25, 0.3) is 5.91 Å². The molecule has 0 atom stereocenters. The molecule has 0 spiro atoms. The van der Waals surface area contributed by atoms with Crippen LogP contribution in [-0.4, -0.2) is 20.9 Å². The molecule has 0 bridgehead atoms. The van der Waals surface area contributed by atoms with E-state index in [1.165, 1.54) is 24.7 Å². The summed E-state index contributed by atoms with van der Waals surface area (Å²) in [7, 11) is 0. The summed E-state index contributed by atoms with van der Waals surface area (Å²) in [5.41, 5.74) is 5.77. The smallest absolute Gasteiger partial charge is 0.268 e. The Hall–Kier alpha value is -3.62. The van der Waals surface area contributed by atoms with Crippen LogP contribution < -0.4 is 15.8 Å². The molecule has 3 rings (SSSR count). The molecule has 9 heteroatoms. The fraction of sp³-hybridized carbons (Fsp3) is 0.0588. The van der Waals surface area contributed by atoms with Crippen LogP contribution in [0.25, 0.3) is 0 Å². The highest BCUT2D eigenvalue weighted by Crippen LogP contribution is 2.26. The molecule has 2 heterocycles. The largest absolute Gasteiger partial charge is 0.436 e. The maximum absolute atomic E-state index is 13.8. The van der Waals surface area contributed by atoms with E-state index in [1.54, 1.807) is 12.1 Å². The van der Waals surface area contributed by atoms with Crippen LogP contribution in [0.4, 0.5) is 14.6 Å². The second-order valence-electron chi connectivity index (χ2n) is 5.15. The Morgan fingerprint density at radius 2 is 2.08 bits per heavy atom. The molecule has 132 valence electrons. The van der Waals surface area contributed by atoms with Gasteiger partial charge in [0.05, 0.1) is 12.4 Å². The summed E-state index contributed by atoms with van der Waals surface area (Å²) in [5.74, 6) is -1.92. The Labute approximate surface area is 146 Å². The van der Waals surface area contributed by atoms with Crippen LogP contribution in [0.15, 0.2) is 48.9 Å². The van der Waals surface area contributed by atoms with E-state index in [2.05, 4.69) is 20.3 Å². The lowest BCUT2D eigenvalue weighted by Crippen LogP contribution is -2.14. The van der Waals surface area contributed by atoms with Crippen LogP contribution in [0.2, 0.25) is 0 Å². The maximum atomic E-state index is 13.8. The quantitative estimate of drug-likeness (QED) is 0.703.